The minimum absolute atomic E-state index is 1.17. The van der Waals surface area contributed by atoms with Gasteiger partial charge in [0, 0.05) is 106 Å². The molecule has 16 aromatic rings. The molecule has 0 unspecified atom stereocenters. The van der Waals surface area contributed by atoms with Crippen molar-refractivity contribution in [2.75, 3.05) is 0 Å². The van der Waals surface area contributed by atoms with E-state index in [0.29, 0.717) is 0 Å². The molecule has 0 fully saturated rings. The number of hydrogen-bond acceptors (Lipinski definition) is 2. The lowest BCUT2D eigenvalue weighted by molar-refractivity contribution is 1.56. The third-order valence-electron chi connectivity index (χ3n) is 14.2. The van der Waals surface area contributed by atoms with Gasteiger partial charge in [-0.2, -0.15) is 0 Å². The van der Waals surface area contributed by atoms with Crippen molar-refractivity contribution in [2.24, 2.45) is 0 Å². The second-order valence-corrected chi connectivity index (χ2v) is 19.8. The Morgan fingerprint density at radius 3 is 0.969 bits per heavy atom. The molecule has 10 aromatic carbocycles. The van der Waals surface area contributed by atoms with Crippen LogP contribution in [0.5, 0.6) is 0 Å². The first-order chi connectivity index (χ1) is 31.6. The Morgan fingerprint density at radius 1 is 0.250 bits per heavy atom. The highest BCUT2D eigenvalue weighted by molar-refractivity contribution is 7.31. The van der Waals surface area contributed by atoms with Crippen molar-refractivity contribution in [1.82, 2.24) is 19.9 Å². The van der Waals surface area contributed by atoms with Gasteiger partial charge >= 0.3 is 0 Å². The zero-order chi connectivity index (χ0) is 41.4. The molecule has 6 heteroatoms. The van der Waals surface area contributed by atoms with Crippen molar-refractivity contribution in [2.45, 2.75) is 0 Å². The molecule has 64 heavy (non-hydrogen) atoms. The summed E-state index contributed by atoms with van der Waals surface area (Å²) in [7, 11) is 0. The Hall–Kier alpha value is -7.90. The van der Waals surface area contributed by atoms with E-state index in [9.17, 15) is 0 Å². The van der Waals surface area contributed by atoms with Crippen molar-refractivity contribution in [1.29, 1.82) is 0 Å². The van der Waals surface area contributed by atoms with Gasteiger partial charge in [-0.3, -0.25) is 0 Å². The summed E-state index contributed by atoms with van der Waals surface area (Å²) in [5.74, 6) is 0. The van der Waals surface area contributed by atoms with E-state index in [1.165, 1.54) is 161 Å². The lowest BCUT2D eigenvalue weighted by atomic mass is 10.0. The number of H-pyrrole nitrogens is 4. The molecule has 16 rings (SSSR count). The summed E-state index contributed by atoms with van der Waals surface area (Å²) in [6.07, 6.45) is 0. The van der Waals surface area contributed by atoms with E-state index in [-0.39, 0.29) is 0 Å². The van der Waals surface area contributed by atoms with Gasteiger partial charge in [-0.15, -0.1) is 22.7 Å². The second kappa shape index (κ2) is 12.0. The topological polar surface area (TPSA) is 63.2 Å². The lowest BCUT2D eigenvalue weighted by Crippen LogP contribution is -1.79. The normalized spacial score (nSPS) is 12.7. The van der Waals surface area contributed by atoms with Gasteiger partial charge in [0.15, 0.2) is 0 Å². The molecule has 4 nitrogen and oxygen atoms in total. The number of fused-ring (bicyclic) bond motifs is 21. The van der Waals surface area contributed by atoms with Gasteiger partial charge in [0.1, 0.15) is 0 Å². The Bertz CT molecular complexity index is 4410. The van der Waals surface area contributed by atoms with Crippen LogP contribution in [0.1, 0.15) is 0 Å². The highest BCUT2D eigenvalue weighted by Gasteiger charge is 2.17. The zero-order valence-electron chi connectivity index (χ0n) is 34.0. The number of benzene rings is 10. The molecular formula is C58H32N4S2. The van der Waals surface area contributed by atoms with Gasteiger partial charge in [0.25, 0.3) is 0 Å². The van der Waals surface area contributed by atoms with Gasteiger partial charge in [0.05, 0.1) is 22.1 Å². The molecule has 4 N–H and O–H groups in total. The highest BCUT2D eigenvalue weighted by Crippen LogP contribution is 2.45. The molecule has 296 valence electrons. The fraction of sp³-hybridized carbons (Fsp3) is 0. The van der Waals surface area contributed by atoms with Gasteiger partial charge in [0.2, 0.25) is 0 Å². The maximum atomic E-state index is 3.83. The van der Waals surface area contributed by atoms with Crippen molar-refractivity contribution < 1.29 is 0 Å². The van der Waals surface area contributed by atoms with Crippen LogP contribution in [0.25, 0.3) is 161 Å². The number of aromatic nitrogens is 4. The van der Waals surface area contributed by atoms with E-state index >= 15 is 0 Å². The van der Waals surface area contributed by atoms with Crippen molar-refractivity contribution >= 4 is 162 Å². The van der Waals surface area contributed by atoms with Crippen LogP contribution in [-0.4, -0.2) is 19.9 Å². The number of nitrogens with one attached hydrogen (secondary N) is 4. The molecule has 0 saturated carbocycles. The molecule has 0 aliphatic rings. The van der Waals surface area contributed by atoms with Gasteiger partial charge in [-0.1, -0.05) is 121 Å². The average Bonchev–Trinajstić information content (AvgIpc) is 4.19. The quantitative estimate of drug-likeness (QED) is 0.134. The summed E-state index contributed by atoms with van der Waals surface area (Å²) in [4.78, 5) is 17.8. The summed E-state index contributed by atoms with van der Waals surface area (Å²) in [5, 5.41) is 20.1. The maximum Gasteiger partial charge on any atom is 0.0544 e. The molecule has 0 amide bonds. The molecule has 6 aromatic heterocycles. The van der Waals surface area contributed by atoms with E-state index in [0.717, 1.165) is 0 Å². The van der Waals surface area contributed by atoms with E-state index in [1.54, 1.807) is 0 Å². The van der Waals surface area contributed by atoms with Crippen molar-refractivity contribution in [3.8, 4) is 20.9 Å². The largest absolute Gasteiger partial charge is 0.354 e. The Balaban J connectivity index is 0.732. The molecule has 0 radical (unpaired) electrons. The molecular weight excluding hydrogens is 817 g/mol. The summed E-state index contributed by atoms with van der Waals surface area (Å²) in [6.45, 7) is 0. The van der Waals surface area contributed by atoms with Gasteiger partial charge < -0.3 is 19.9 Å². The summed E-state index contributed by atoms with van der Waals surface area (Å²) in [5.41, 5.74) is 12.0. The fourth-order valence-corrected chi connectivity index (χ4v) is 13.5. The van der Waals surface area contributed by atoms with Crippen LogP contribution in [-0.2, 0) is 0 Å². The minimum Gasteiger partial charge on any atom is -0.354 e. The third-order valence-corrected chi connectivity index (χ3v) is 16.6. The van der Waals surface area contributed by atoms with E-state index < -0.39 is 0 Å². The SMILES string of the molecule is c1ccc2c(c1)ccc1c3cc4[nH]c5c6ccc(-c7cc8sc(-c9ccc%10c(ccc%11c%12cc%13[nH]c%14c%15ccccc%15ccc%14c%13cc%12[nH]c%10%11)c9)cc8s7)cc6ccc5c4cc3[nH]c21. The first-order valence-electron chi connectivity index (χ1n) is 21.8. The van der Waals surface area contributed by atoms with Crippen LogP contribution < -0.4 is 0 Å². The number of rotatable bonds is 2. The summed E-state index contributed by atoms with van der Waals surface area (Å²) in [6, 6.07) is 63.4. The molecule has 0 aliphatic heterocycles. The minimum atomic E-state index is 1.17. The first-order valence-corrected chi connectivity index (χ1v) is 23.4. The molecule has 0 aliphatic carbocycles. The monoisotopic (exact) mass is 848 g/mol. The maximum absolute atomic E-state index is 3.83. The van der Waals surface area contributed by atoms with Crippen LogP contribution in [0.3, 0.4) is 0 Å². The standard InChI is InChI=1S/C58H32N4S2/c1-3-7-35-29(5-1)9-17-39-43-23-49-45(25-47(43)59-55(35)39)41-19-11-31-21-33(13-15-37(31)57(41)61-49)51-27-53-54(63-51)28-52(64-53)34-14-16-38-32(22-34)12-20-42-46-26-48-44(24-50(46)62-58(38)42)40-18-10-30-6-2-4-8-36(30)56(40)60-48/h1-28,59-62H. The van der Waals surface area contributed by atoms with E-state index in [4.69, 9.17) is 0 Å². The second-order valence-electron chi connectivity index (χ2n) is 17.6. The molecule has 6 heterocycles. The molecule has 0 saturated heterocycles. The highest BCUT2D eigenvalue weighted by atomic mass is 32.1. The Morgan fingerprint density at radius 2 is 0.578 bits per heavy atom. The molecule has 0 spiro atoms. The lowest BCUT2D eigenvalue weighted by Gasteiger charge is -2.04. The van der Waals surface area contributed by atoms with Gasteiger partial charge in [-0.05, 0) is 81.2 Å². The molecule has 0 bridgehead atoms. The van der Waals surface area contributed by atoms with Crippen LogP contribution in [0.4, 0.5) is 0 Å². The fourth-order valence-electron chi connectivity index (χ4n) is 11.1. The van der Waals surface area contributed by atoms with Crippen LogP contribution >= 0.6 is 22.7 Å². The molecule has 0 atom stereocenters. The number of thiophene rings is 2. The zero-order valence-corrected chi connectivity index (χ0v) is 35.6. The van der Waals surface area contributed by atoms with Crippen LogP contribution in [0.2, 0.25) is 0 Å². The summed E-state index contributed by atoms with van der Waals surface area (Å²) >= 11 is 3.77. The van der Waals surface area contributed by atoms with E-state index in [2.05, 4.69) is 190 Å². The number of aromatic amines is 4. The smallest absolute Gasteiger partial charge is 0.0544 e. The van der Waals surface area contributed by atoms with Gasteiger partial charge in [-0.25, -0.2) is 0 Å². The number of hydrogen-bond donors (Lipinski definition) is 4. The average molecular weight is 849 g/mol. The predicted molar refractivity (Wildman–Crippen MR) is 278 cm³/mol. The predicted octanol–water partition coefficient (Wildman–Crippen LogP) is 17.4. The van der Waals surface area contributed by atoms with E-state index in [1.807, 2.05) is 22.7 Å². The first kappa shape index (κ1) is 33.7. The third kappa shape index (κ3) is 4.50. The Kier molecular flexibility index (Phi) is 6.30. The van der Waals surface area contributed by atoms with Crippen molar-refractivity contribution in [3.05, 3.63) is 170 Å². The Labute approximate surface area is 371 Å². The van der Waals surface area contributed by atoms with Crippen LogP contribution in [0, 0.1) is 0 Å². The summed E-state index contributed by atoms with van der Waals surface area (Å²) < 4.78 is 2.67. The van der Waals surface area contributed by atoms with Crippen molar-refractivity contribution in [3.63, 3.8) is 0 Å². The van der Waals surface area contributed by atoms with Crippen LogP contribution in [0.15, 0.2) is 170 Å².